The van der Waals surface area contributed by atoms with Crippen molar-refractivity contribution < 1.29 is 4.74 Å². The van der Waals surface area contributed by atoms with Crippen LogP contribution in [0.3, 0.4) is 0 Å². The zero-order chi connectivity index (χ0) is 16.8. The number of nitrogens with zero attached hydrogens (tertiary/aromatic N) is 2. The Balaban J connectivity index is 2.37. The number of rotatable bonds is 6. The number of hydrogen-bond donors (Lipinski definition) is 0. The van der Waals surface area contributed by atoms with Crippen LogP contribution in [0.5, 0.6) is 5.75 Å². The molecule has 0 radical (unpaired) electrons. The highest BCUT2D eigenvalue weighted by Crippen LogP contribution is 2.30. The standard InChI is InChI=1S/C19H23ClN2O/c1-5-22(3)13-21-19-12-18(23-4)11-16(14(19)2)9-15-7-6-8-17(20)10-15/h6-8,10-13H,5,9H2,1-4H3. The molecule has 2 rings (SSSR count). The minimum Gasteiger partial charge on any atom is -0.497 e. The van der Waals surface area contributed by atoms with Crippen LogP contribution in [0.25, 0.3) is 0 Å². The van der Waals surface area contributed by atoms with Crippen molar-refractivity contribution in [3.8, 4) is 5.75 Å². The van der Waals surface area contributed by atoms with Crippen molar-refractivity contribution in [3.63, 3.8) is 0 Å². The van der Waals surface area contributed by atoms with Gasteiger partial charge in [0.1, 0.15) is 5.75 Å². The Morgan fingerprint density at radius 3 is 2.70 bits per heavy atom. The first kappa shape index (κ1) is 17.4. The van der Waals surface area contributed by atoms with Gasteiger partial charge in [0.2, 0.25) is 0 Å². The number of halogens is 1. The van der Waals surface area contributed by atoms with Crippen LogP contribution in [-0.2, 0) is 6.42 Å². The molecular weight excluding hydrogens is 308 g/mol. The normalized spacial score (nSPS) is 11.0. The lowest BCUT2D eigenvalue weighted by molar-refractivity contribution is 0.414. The maximum absolute atomic E-state index is 6.09. The average Bonchev–Trinajstić information content (AvgIpc) is 2.55. The van der Waals surface area contributed by atoms with E-state index in [1.165, 1.54) is 11.1 Å². The average molecular weight is 331 g/mol. The summed E-state index contributed by atoms with van der Waals surface area (Å²) in [5.74, 6) is 0.818. The lowest BCUT2D eigenvalue weighted by Crippen LogP contribution is -2.14. The van der Waals surface area contributed by atoms with Crippen molar-refractivity contribution in [2.75, 3.05) is 20.7 Å². The second-order valence-electron chi connectivity index (χ2n) is 5.56. The summed E-state index contributed by atoms with van der Waals surface area (Å²) in [4.78, 5) is 6.64. The van der Waals surface area contributed by atoms with Gasteiger partial charge in [0.05, 0.1) is 19.1 Å². The van der Waals surface area contributed by atoms with Crippen molar-refractivity contribution in [2.24, 2.45) is 4.99 Å². The predicted molar refractivity (Wildman–Crippen MR) is 98.4 cm³/mol. The first-order chi connectivity index (χ1) is 11.0. The monoisotopic (exact) mass is 330 g/mol. The third-order valence-electron chi connectivity index (χ3n) is 3.87. The molecule has 0 spiro atoms. The molecule has 0 heterocycles. The van der Waals surface area contributed by atoms with Crippen LogP contribution in [0.1, 0.15) is 23.6 Å². The summed E-state index contributed by atoms with van der Waals surface area (Å²) in [6, 6.07) is 12.0. The Labute approximate surface area is 143 Å². The quantitative estimate of drug-likeness (QED) is 0.558. The third kappa shape index (κ3) is 4.73. The molecule has 0 fully saturated rings. The fraction of sp³-hybridized carbons (Fsp3) is 0.316. The van der Waals surface area contributed by atoms with Gasteiger partial charge < -0.3 is 9.64 Å². The number of benzene rings is 2. The summed E-state index contributed by atoms with van der Waals surface area (Å²) in [6.07, 6.45) is 2.65. The summed E-state index contributed by atoms with van der Waals surface area (Å²) >= 11 is 6.09. The molecule has 0 aliphatic carbocycles. The molecule has 3 nitrogen and oxygen atoms in total. The molecular formula is C19H23ClN2O. The van der Waals surface area contributed by atoms with E-state index in [0.717, 1.165) is 35.0 Å². The van der Waals surface area contributed by atoms with E-state index in [1.807, 2.05) is 42.6 Å². The van der Waals surface area contributed by atoms with Gasteiger partial charge in [-0.1, -0.05) is 23.7 Å². The van der Waals surface area contributed by atoms with Crippen LogP contribution in [0.2, 0.25) is 5.02 Å². The van der Waals surface area contributed by atoms with Gasteiger partial charge in [-0.3, -0.25) is 0 Å². The van der Waals surface area contributed by atoms with Crippen molar-refractivity contribution in [3.05, 3.63) is 58.1 Å². The summed E-state index contributed by atoms with van der Waals surface area (Å²) < 4.78 is 5.43. The molecule has 0 atom stereocenters. The summed E-state index contributed by atoms with van der Waals surface area (Å²) in [5, 5.41) is 0.755. The Kier molecular flexibility index (Phi) is 6.05. The Bertz CT molecular complexity index is 698. The lowest BCUT2D eigenvalue weighted by atomic mass is 9.99. The first-order valence-electron chi connectivity index (χ1n) is 7.70. The molecule has 0 saturated heterocycles. The smallest absolute Gasteiger partial charge is 0.121 e. The maximum Gasteiger partial charge on any atom is 0.121 e. The van der Waals surface area contributed by atoms with Crippen molar-refractivity contribution in [1.82, 2.24) is 4.90 Å². The van der Waals surface area contributed by atoms with Crippen LogP contribution in [0.4, 0.5) is 5.69 Å². The van der Waals surface area contributed by atoms with Gasteiger partial charge >= 0.3 is 0 Å². The molecule has 23 heavy (non-hydrogen) atoms. The highest BCUT2D eigenvalue weighted by molar-refractivity contribution is 6.30. The van der Waals surface area contributed by atoms with Crippen LogP contribution in [-0.4, -0.2) is 31.9 Å². The van der Waals surface area contributed by atoms with Gasteiger partial charge in [0, 0.05) is 24.7 Å². The summed E-state index contributed by atoms with van der Waals surface area (Å²) in [5.41, 5.74) is 4.46. The fourth-order valence-corrected chi connectivity index (χ4v) is 2.49. The number of aliphatic imine (C=N–C) groups is 1. The van der Waals surface area contributed by atoms with E-state index in [4.69, 9.17) is 16.3 Å². The Morgan fingerprint density at radius 1 is 1.26 bits per heavy atom. The molecule has 0 aliphatic rings. The minimum absolute atomic E-state index is 0.755. The van der Waals surface area contributed by atoms with Crippen molar-refractivity contribution in [1.29, 1.82) is 0 Å². The van der Waals surface area contributed by atoms with Crippen LogP contribution in [0.15, 0.2) is 41.4 Å². The molecule has 0 saturated carbocycles. The van der Waals surface area contributed by atoms with Crippen LogP contribution in [0, 0.1) is 6.92 Å². The van der Waals surface area contributed by atoms with Gasteiger partial charge in [-0.05, 0) is 55.2 Å². The molecule has 2 aromatic carbocycles. The lowest BCUT2D eigenvalue weighted by Gasteiger charge is -2.13. The van der Waals surface area contributed by atoms with E-state index in [2.05, 4.69) is 31.0 Å². The predicted octanol–water partition coefficient (Wildman–Crippen LogP) is 4.86. The molecule has 0 N–H and O–H groups in total. The van der Waals surface area contributed by atoms with E-state index >= 15 is 0 Å². The molecule has 0 aromatic heterocycles. The van der Waals surface area contributed by atoms with E-state index in [1.54, 1.807) is 7.11 Å². The van der Waals surface area contributed by atoms with Gasteiger partial charge in [-0.2, -0.15) is 0 Å². The molecule has 0 amide bonds. The second-order valence-corrected chi connectivity index (χ2v) is 5.99. The highest BCUT2D eigenvalue weighted by atomic mass is 35.5. The fourth-order valence-electron chi connectivity index (χ4n) is 2.27. The largest absolute Gasteiger partial charge is 0.497 e. The van der Waals surface area contributed by atoms with Gasteiger partial charge in [0.25, 0.3) is 0 Å². The molecule has 4 heteroatoms. The molecule has 122 valence electrons. The van der Waals surface area contributed by atoms with E-state index in [9.17, 15) is 0 Å². The van der Waals surface area contributed by atoms with E-state index in [0.29, 0.717) is 0 Å². The topological polar surface area (TPSA) is 24.8 Å². The minimum atomic E-state index is 0.755. The van der Waals surface area contributed by atoms with Crippen molar-refractivity contribution in [2.45, 2.75) is 20.3 Å². The van der Waals surface area contributed by atoms with Gasteiger partial charge in [-0.25, -0.2) is 4.99 Å². The van der Waals surface area contributed by atoms with E-state index in [-0.39, 0.29) is 0 Å². The Hall–Kier alpha value is -2.00. The number of ether oxygens (including phenoxy) is 1. The highest BCUT2D eigenvalue weighted by Gasteiger charge is 2.08. The van der Waals surface area contributed by atoms with Crippen LogP contribution >= 0.6 is 11.6 Å². The summed E-state index contributed by atoms with van der Waals surface area (Å²) in [6.45, 7) is 5.11. The molecule has 0 unspecified atom stereocenters. The SMILES string of the molecule is CCN(C)C=Nc1cc(OC)cc(Cc2cccc(Cl)c2)c1C. The molecule has 0 bridgehead atoms. The van der Waals surface area contributed by atoms with Gasteiger partial charge in [-0.15, -0.1) is 0 Å². The second kappa shape index (κ2) is 8.02. The zero-order valence-electron chi connectivity index (χ0n) is 14.1. The first-order valence-corrected chi connectivity index (χ1v) is 8.07. The van der Waals surface area contributed by atoms with E-state index < -0.39 is 0 Å². The molecule has 0 aliphatic heterocycles. The van der Waals surface area contributed by atoms with Crippen LogP contribution < -0.4 is 4.74 Å². The molecule has 2 aromatic rings. The number of hydrogen-bond acceptors (Lipinski definition) is 2. The maximum atomic E-state index is 6.09. The number of methoxy groups -OCH3 is 1. The Morgan fingerprint density at radius 2 is 2.04 bits per heavy atom. The van der Waals surface area contributed by atoms with Gasteiger partial charge in [0.15, 0.2) is 0 Å². The van der Waals surface area contributed by atoms with Crippen molar-refractivity contribution >= 4 is 23.6 Å². The summed E-state index contributed by atoms with van der Waals surface area (Å²) in [7, 11) is 3.69. The zero-order valence-corrected chi connectivity index (χ0v) is 14.9. The third-order valence-corrected chi connectivity index (χ3v) is 4.11.